The van der Waals surface area contributed by atoms with Crippen LogP contribution in [-0.2, 0) is 4.79 Å². The highest BCUT2D eigenvalue weighted by molar-refractivity contribution is 5.80. The lowest BCUT2D eigenvalue weighted by atomic mass is 10.2. The van der Waals surface area contributed by atoms with Crippen LogP contribution < -0.4 is 5.43 Å². The topological polar surface area (TPSA) is 96.6 Å². The molecule has 1 fully saturated rings. The Morgan fingerprint density at radius 1 is 1.75 bits per heavy atom. The Kier molecular flexibility index (Phi) is 3.74. The number of hydrazine groups is 1. The van der Waals surface area contributed by atoms with Gasteiger partial charge >= 0.3 is 0 Å². The van der Waals surface area contributed by atoms with Gasteiger partial charge in [0.1, 0.15) is 6.04 Å². The predicted molar refractivity (Wildman–Crippen MR) is 46.9 cm³/mol. The Labute approximate surface area is 90.0 Å². The van der Waals surface area contributed by atoms with Crippen LogP contribution in [0.25, 0.3) is 0 Å². The van der Waals surface area contributed by atoms with Gasteiger partial charge in [-0.05, 0) is 0 Å². The van der Waals surface area contributed by atoms with E-state index in [1.165, 1.54) is 0 Å². The number of aliphatic hydroxyl groups excluding tert-OH is 2. The molecule has 0 aliphatic carbocycles. The van der Waals surface area contributed by atoms with Crippen LogP contribution >= 0.6 is 0 Å². The largest absolute Gasteiger partial charge is 0.393 e. The number of nitrogens with zero attached hydrogens (tertiary/aromatic N) is 2. The number of nitrogens with one attached hydrogen (secondary N) is 1. The Bertz CT molecular complexity index is 318. The van der Waals surface area contributed by atoms with Gasteiger partial charge in [-0.3, -0.25) is 10.2 Å². The van der Waals surface area contributed by atoms with Crippen LogP contribution in [0.3, 0.4) is 0 Å². The third-order valence-corrected chi connectivity index (χ3v) is 2.15. The number of halogens is 2. The van der Waals surface area contributed by atoms with Crippen molar-refractivity contribution in [2.45, 2.75) is 24.5 Å². The summed E-state index contributed by atoms with van der Waals surface area (Å²) in [6.07, 6.45) is -2.35. The summed E-state index contributed by atoms with van der Waals surface area (Å²) in [4.78, 5) is 11.1. The van der Waals surface area contributed by atoms with Crippen LogP contribution in [0.2, 0.25) is 0 Å². The van der Waals surface area contributed by atoms with Crippen molar-refractivity contribution in [2.24, 2.45) is 0 Å². The number of nitriles is 1. The molecule has 1 rings (SSSR count). The van der Waals surface area contributed by atoms with Crippen molar-refractivity contribution < 1.29 is 23.8 Å². The molecule has 0 bridgehead atoms. The third-order valence-electron chi connectivity index (χ3n) is 2.15. The maximum atomic E-state index is 12.9. The molecule has 1 saturated heterocycles. The van der Waals surface area contributed by atoms with Gasteiger partial charge in [-0.15, -0.1) is 0 Å². The van der Waals surface area contributed by atoms with Crippen molar-refractivity contribution in [1.29, 1.82) is 5.26 Å². The fraction of sp³-hybridized carbons (Fsp3) is 0.750. The number of carbonyl (C=O) groups is 1. The molecule has 16 heavy (non-hydrogen) atoms. The first kappa shape index (κ1) is 12.8. The fourth-order valence-electron chi connectivity index (χ4n) is 1.35. The molecule has 6 nitrogen and oxygen atoms in total. The number of amides is 1. The summed E-state index contributed by atoms with van der Waals surface area (Å²) >= 11 is 0. The Balaban J connectivity index is 2.61. The average Bonchev–Trinajstić information content (AvgIpc) is 2.51. The van der Waals surface area contributed by atoms with Crippen LogP contribution in [0.5, 0.6) is 0 Å². The summed E-state index contributed by atoms with van der Waals surface area (Å²) in [6.45, 7) is -1.59. The minimum atomic E-state index is -3.04. The van der Waals surface area contributed by atoms with Crippen LogP contribution in [0, 0.1) is 11.3 Å². The summed E-state index contributed by atoms with van der Waals surface area (Å²) < 4.78 is 25.8. The molecule has 1 aliphatic heterocycles. The standard InChI is InChI=1S/C8H11F2N3O3/c9-8(10)1-5(2-11)13(4-8)12-7(16)6(15)3-14/h5-6,14-15H,1,3-4H2,(H,12,16). The Morgan fingerprint density at radius 3 is 2.88 bits per heavy atom. The van der Waals surface area contributed by atoms with Gasteiger partial charge in [0.2, 0.25) is 0 Å². The molecule has 0 aromatic heterocycles. The zero-order chi connectivity index (χ0) is 12.3. The first-order valence-corrected chi connectivity index (χ1v) is 4.53. The molecule has 0 saturated carbocycles. The molecule has 0 radical (unpaired) electrons. The summed E-state index contributed by atoms with van der Waals surface area (Å²) in [7, 11) is 0. The van der Waals surface area contributed by atoms with Gasteiger partial charge in [-0.25, -0.2) is 8.78 Å². The van der Waals surface area contributed by atoms with Crippen LogP contribution in [0.4, 0.5) is 8.78 Å². The molecular formula is C8H11F2N3O3. The monoisotopic (exact) mass is 235 g/mol. The van der Waals surface area contributed by atoms with E-state index in [0.717, 1.165) is 5.01 Å². The van der Waals surface area contributed by atoms with Crippen LogP contribution in [0.15, 0.2) is 0 Å². The van der Waals surface area contributed by atoms with E-state index in [1.54, 1.807) is 6.07 Å². The highest BCUT2D eigenvalue weighted by Crippen LogP contribution is 2.30. The molecule has 2 unspecified atom stereocenters. The SMILES string of the molecule is N#CC1CC(F)(F)CN1NC(=O)C(O)CO. The van der Waals surface area contributed by atoms with Crippen molar-refractivity contribution in [3.63, 3.8) is 0 Å². The maximum absolute atomic E-state index is 12.9. The summed E-state index contributed by atoms with van der Waals surface area (Å²) in [5.41, 5.74) is 1.97. The van der Waals surface area contributed by atoms with E-state index in [9.17, 15) is 13.6 Å². The molecule has 0 aromatic carbocycles. The van der Waals surface area contributed by atoms with Crippen LogP contribution in [-0.4, -0.2) is 52.3 Å². The van der Waals surface area contributed by atoms with E-state index in [4.69, 9.17) is 15.5 Å². The number of rotatable bonds is 3. The minimum absolute atomic E-state index is 0.668. The predicted octanol–water partition coefficient (Wildman–Crippen LogP) is -1.40. The number of alkyl halides is 2. The van der Waals surface area contributed by atoms with E-state index in [2.05, 4.69) is 0 Å². The van der Waals surface area contributed by atoms with Gasteiger partial charge < -0.3 is 10.2 Å². The van der Waals surface area contributed by atoms with Gasteiger partial charge in [0.25, 0.3) is 11.8 Å². The molecular weight excluding hydrogens is 224 g/mol. The number of aliphatic hydroxyl groups is 2. The Morgan fingerprint density at radius 2 is 2.38 bits per heavy atom. The summed E-state index contributed by atoms with van der Waals surface area (Å²) in [6, 6.07) is 0.485. The lowest BCUT2D eigenvalue weighted by Gasteiger charge is -2.20. The van der Waals surface area contributed by atoms with E-state index < -0.39 is 43.5 Å². The van der Waals surface area contributed by atoms with Gasteiger partial charge in [-0.2, -0.15) is 10.3 Å². The molecule has 90 valence electrons. The lowest BCUT2D eigenvalue weighted by molar-refractivity contribution is -0.136. The van der Waals surface area contributed by atoms with Gasteiger partial charge in [-0.1, -0.05) is 0 Å². The van der Waals surface area contributed by atoms with Gasteiger partial charge in [0.15, 0.2) is 6.10 Å². The highest BCUT2D eigenvalue weighted by Gasteiger charge is 2.46. The van der Waals surface area contributed by atoms with E-state index in [-0.39, 0.29) is 0 Å². The van der Waals surface area contributed by atoms with Crippen molar-refractivity contribution in [1.82, 2.24) is 10.4 Å². The third kappa shape index (κ3) is 2.85. The first-order chi connectivity index (χ1) is 7.39. The quantitative estimate of drug-likeness (QED) is 0.559. The lowest BCUT2D eigenvalue weighted by Crippen LogP contribution is -2.50. The Hall–Kier alpha value is -1.30. The second-order valence-corrected chi connectivity index (χ2v) is 3.51. The first-order valence-electron chi connectivity index (χ1n) is 4.53. The fourth-order valence-corrected chi connectivity index (χ4v) is 1.35. The number of carbonyl (C=O) groups excluding carboxylic acids is 1. The number of hydrogen-bond acceptors (Lipinski definition) is 5. The maximum Gasteiger partial charge on any atom is 0.265 e. The second-order valence-electron chi connectivity index (χ2n) is 3.51. The molecule has 2 atom stereocenters. The van der Waals surface area contributed by atoms with Crippen molar-refractivity contribution >= 4 is 5.91 Å². The molecule has 8 heteroatoms. The zero-order valence-electron chi connectivity index (χ0n) is 8.23. The van der Waals surface area contributed by atoms with E-state index >= 15 is 0 Å². The summed E-state index contributed by atoms with van der Waals surface area (Å²) in [5, 5.41) is 26.7. The molecule has 1 heterocycles. The van der Waals surface area contributed by atoms with Crippen molar-refractivity contribution in [2.75, 3.05) is 13.2 Å². The van der Waals surface area contributed by atoms with E-state index in [1.807, 2.05) is 5.43 Å². The molecule has 1 amide bonds. The van der Waals surface area contributed by atoms with Gasteiger partial charge in [0, 0.05) is 6.42 Å². The van der Waals surface area contributed by atoms with E-state index in [0.29, 0.717) is 0 Å². The smallest absolute Gasteiger partial charge is 0.265 e. The summed E-state index contributed by atoms with van der Waals surface area (Å²) in [5.74, 6) is -4.06. The number of hydrogen-bond donors (Lipinski definition) is 3. The molecule has 3 N–H and O–H groups in total. The molecule has 1 aliphatic rings. The normalized spacial score (nSPS) is 26.1. The second kappa shape index (κ2) is 4.69. The minimum Gasteiger partial charge on any atom is -0.393 e. The van der Waals surface area contributed by atoms with Crippen molar-refractivity contribution in [3.05, 3.63) is 0 Å². The highest BCUT2D eigenvalue weighted by atomic mass is 19.3. The van der Waals surface area contributed by atoms with Crippen LogP contribution in [0.1, 0.15) is 6.42 Å². The molecule has 0 aromatic rings. The molecule has 0 spiro atoms. The zero-order valence-corrected chi connectivity index (χ0v) is 8.23. The average molecular weight is 235 g/mol. The van der Waals surface area contributed by atoms with Gasteiger partial charge in [0.05, 0.1) is 19.2 Å². The van der Waals surface area contributed by atoms with Crippen molar-refractivity contribution in [3.8, 4) is 6.07 Å².